The maximum absolute atomic E-state index is 3.84. The molecule has 1 aliphatic heterocycles. The third-order valence-corrected chi connectivity index (χ3v) is 4.57. The Morgan fingerprint density at radius 2 is 1.89 bits per heavy atom. The van der Waals surface area contributed by atoms with Gasteiger partial charge in [0.1, 0.15) is 0 Å². The van der Waals surface area contributed by atoms with Gasteiger partial charge in [0.2, 0.25) is 0 Å². The van der Waals surface area contributed by atoms with Crippen molar-refractivity contribution in [3.63, 3.8) is 0 Å². The topological polar surface area (TPSA) is 0 Å². The molecule has 0 amide bonds. The van der Waals surface area contributed by atoms with E-state index in [1.165, 1.54) is 37.6 Å². The zero-order chi connectivity index (χ0) is 13.4. The van der Waals surface area contributed by atoms with Crippen molar-refractivity contribution in [1.29, 1.82) is 0 Å². The van der Waals surface area contributed by atoms with Crippen LogP contribution in [0.15, 0.2) is 60.0 Å². The Kier molecular flexibility index (Phi) is 3.08. The molecule has 1 heterocycles. The van der Waals surface area contributed by atoms with Gasteiger partial charge in [-0.1, -0.05) is 60.3 Å². The van der Waals surface area contributed by atoms with Crippen molar-refractivity contribution in [2.24, 2.45) is 0 Å². The van der Waals surface area contributed by atoms with E-state index in [0.29, 0.717) is 0 Å². The van der Waals surface area contributed by atoms with Crippen molar-refractivity contribution in [2.75, 3.05) is 0 Å². The van der Waals surface area contributed by atoms with E-state index in [1.54, 1.807) is 0 Å². The molecule has 0 fully saturated rings. The molecule has 94 valence electrons. The van der Waals surface area contributed by atoms with Crippen LogP contribution < -0.4 is 0 Å². The number of hydrogen-bond donors (Lipinski definition) is 0. The van der Waals surface area contributed by atoms with Crippen molar-refractivity contribution < 1.29 is 0 Å². The lowest BCUT2D eigenvalue weighted by atomic mass is 9.94. The summed E-state index contributed by atoms with van der Waals surface area (Å²) in [7, 11) is 0. The third-order valence-electron chi connectivity index (χ3n) is 3.43. The van der Waals surface area contributed by atoms with Crippen LogP contribution in [0.3, 0.4) is 0 Å². The molecule has 19 heavy (non-hydrogen) atoms. The highest BCUT2D eigenvalue weighted by atomic mass is 32.2. The molecule has 0 aliphatic carbocycles. The van der Waals surface area contributed by atoms with Gasteiger partial charge in [-0.2, -0.15) is 0 Å². The highest BCUT2D eigenvalue weighted by Crippen LogP contribution is 2.49. The number of thioether (sulfide) groups is 1. The summed E-state index contributed by atoms with van der Waals surface area (Å²) in [4.78, 5) is 2.62. The Morgan fingerprint density at radius 1 is 1.05 bits per heavy atom. The summed E-state index contributed by atoms with van der Waals surface area (Å²) in [6.07, 6.45) is 3.98. The average Bonchev–Trinajstić information content (AvgIpc) is 2.40. The minimum absolute atomic E-state index is 1.29. The predicted molar refractivity (Wildman–Crippen MR) is 85.4 cm³/mol. The van der Waals surface area contributed by atoms with Crippen molar-refractivity contribution >= 4 is 16.7 Å². The molecule has 0 radical (unpaired) electrons. The van der Waals surface area contributed by atoms with E-state index in [2.05, 4.69) is 62.9 Å². The second-order valence-electron chi connectivity index (χ2n) is 4.87. The predicted octanol–water partition coefficient (Wildman–Crippen LogP) is 5.60. The van der Waals surface area contributed by atoms with Crippen molar-refractivity contribution in [3.8, 4) is 11.1 Å². The van der Waals surface area contributed by atoms with E-state index in [0.717, 1.165) is 0 Å². The summed E-state index contributed by atoms with van der Waals surface area (Å²) in [6.45, 7) is 8.16. The second-order valence-corrected chi connectivity index (χ2v) is 5.95. The molecule has 0 N–H and O–H groups in total. The van der Waals surface area contributed by atoms with Crippen molar-refractivity contribution in [3.05, 3.63) is 71.8 Å². The standard InChI is InChI=1S/C18H16S/c1-4-6-17-18-13(3)7-5-8-14(18)15-11-12(2)9-10-16(15)19-17/h4-11H,1H2,2-3H3/b17-6+. The van der Waals surface area contributed by atoms with Gasteiger partial charge in [-0.05, 0) is 48.2 Å². The van der Waals surface area contributed by atoms with E-state index in [1.807, 2.05) is 17.8 Å². The summed E-state index contributed by atoms with van der Waals surface area (Å²) in [5.74, 6) is 0. The number of rotatable bonds is 1. The lowest BCUT2D eigenvalue weighted by Crippen LogP contribution is -1.98. The Hall–Kier alpha value is -1.73. The van der Waals surface area contributed by atoms with Gasteiger partial charge in [-0.25, -0.2) is 0 Å². The number of allylic oxidation sites excluding steroid dienone is 2. The molecule has 0 saturated carbocycles. The van der Waals surface area contributed by atoms with Crippen LogP contribution in [-0.4, -0.2) is 0 Å². The van der Waals surface area contributed by atoms with E-state index in [9.17, 15) is 0 Å². The first-order valence-corrected chi connectivity index (χ1v) is 7.24. The number of benzene rings is 2. The van der Waals surface area contributed by atoms with Crippen LogP contribution >= 0.6 is 11.8 Å². The largest absolute Gasteiger partial charge is 0.0990 e. The molecule has 0 atom stereocenters. The molecule has 3 rings (SSSR count). The van der Waals surface area contributed by atoms with Gasteiger partial charge in [0.05, 0.1) is 0 Å². The molecule has 0 bridgehead atoms. The fraction of sp³-hybridized carbons (Fsp3) is 0.111. The second kappa shape index (κ2) is 4.75. The fourth-order valence-corrected chi connectivity index (χ4v) is 3.75. The van der Waals surface area contributed by atoms with E-state index in [4.69, 9.17) is 0 Å². The molecule has 0 spiro atoms. The van der Waals surface area contributed by atoms with Crippen LogP contribution in [0.25, 0.3) is 16.0 Å². The van der Waals surface area contributed by atoms with Crippen LogP contribution in [0.4, 0.5) is 0 Å². The minimum atomic E-state index is 1.29. The van der Waals surface area contributed by atoms with E-state index >= 15 is 0 Å². The zero-order valence-corrected chi connectivity index (χ0v) is 12.1. The Bertz CT molecular complexity index is 693. The van der Waals surface area contributed by atoms with Crippen LogP contribution in [-0.2, 0) is 0 Å². The monoisotopic (exact) mass is 264 g/mol. The van der Waals surface area contributed by atoms with Gasteiger partial charge in [-0.15, -0.1) is 0 Å². The zero-order valence-electron chi connectivity index (χ0n) is 11.2. The molecule has 0 aromatic heterocycles. The molecule has 0 unspecified atom stereocenters. The molecular weight excluding hydrogens is 248 g/mol. The summed E-state index contributed by atoms with van der Waals surface area (Å²) in [5.41, 5.74) is 6.68. The van der Waals surface area contributed by atoms with Gasteiger partial charge in [0.15, 0.2) is 0 Å². The third kappa shape index (κ3) is 2.04. The summed E-state index contributed by atoms with van der Waals surface area (Å²) in [6, 6.07) is 13.2. The maximum atomic E-state index is 3.84. The highest BCUT2D eigenvalue weighted by molar-refractivity contribution is 8.08. The maximum Gasteiger partial charge on any atom is 0.0203 e. The summed E-state index contributed by atoms with van der Waals surface area (Å²) < 4.78 is 0. The van der Waals surface area contributed by atoms with Crippen LogP contribution in [0.2, 0.25) is 0 Å². The first-order chi connectivity index (χ1) is 9.20. The van der Waals surface area contributed by atoms with Crippen LogP contribution in [0, 0.1) is 13.8 Å². The molecule has 0 nitrogen and oxygen atoms in total. The molecular formula is C18H16S. The van der Waals surface area contributed by atoms with Gasteiger partial charge in [-0.3, -0.25) is 0 Å². The smallest absolute Gasteiger partial charge is 0.0203 e. The SMILES string of the molecule is C=C/C=C1/Sc2ccc(C)cc2-c2cccc(C)c21. The van der Waals surface area contributed by atoms with E-state index < -0.39 is 0 Å². The van der Waals surface area contributed by atoms with Crippen LogP contribution in [0.1, 0.15) is 16.7 Å². The average molecular weight is 264 g/mol. The molecule has 0 saturated heterocycles. The molecule has 2 aromatic rings. The molecule has 2 aromatic carbocycles. The lowest BCUT2D eigenvalue weighted by molar-refractivity contribution is 1.34. The quantitative estimate of drug-likeness (QED) is 0.645. The van der Waals surface area contributed by atoms with Gasteiger partial charge < -0.3 is 0 Å². The Morgan fingerprint density at radius 3 is 2.68 bits per heavy atom. The van der Waals surface area contributed by atoms with Gasteiger partial charge >= 0.3 is 0 Å². The summed E-state index contributed by atoms with van der Waals surface area (Å²) >= 11 is 1.84. The fourth-order valence-electron chi connectivity index (χ4n) is 2.56. The van der Waals surface area contributed by atoms with Crippen molar-refractivity contribution in [2.45, 2.75) is 18.7 Å². The Labute approximate surface area is 118 Å². The lowest BCUT2D eigenvalue weighted by Gasteiger charge is -2.23. The van der Waals surface area contributed by atoms with E-state index in [-0.39, 0.29) is 0 Å². The highest BCUT2D eigenvalue weighted by Gasteiger charge is 2.21. The Balaban J connectivity index is 2.34. The van der Waals surface area contributed by atoms with Crippen LogP contribution in [0.5, 0.6) is 0 Å². The first-order valence-electron chi connectivity index (χ1n) is 6.42. The molecule has 1 aliphatic rings. The number of hydrogen-bond acceptors (Lipinski definition) is 1. The molecule has 1 heteroatoms. The van der Waals surface area contributed by atoms with Gasteiger partial charge in [0.25, 0.3) is 0 Å². The normalized spacial score (nSPS) is 14.9. The first kappa shape index (κ1) is 12.3. The minimum Gasteiger partial charge on any atom is -0.0990 e. The summed E-state index contributed by atoms with van der Waals surface area (Å²) in [5, 5.41) is 0. The van der Waals surface area contributed by atoms with Gasteiger partial charge in [0, 0.05) is 9.80 Å². The number of fused-ring (bicyclic) bond motifs is 3. The van der Waals surface area contributed by atoms with Crippen molar-refractivity contribution in [1.82, 2.24) is 0 Å². The number of aryl methyl sites for hydroxylation is 2.